The molecule has 6 nitrogen and oxygen atoms in total. The number of nitrogens with zero attached hydrogens (tertiary/aromatic N) is 3. The average molecular weight is 376 g/mol. The van der Waals surface area contributed by atoms with Crippen LogP contribution in [0.3, 0.4) is 0 Å². The Balaban J connectivity index is 1.54. The minimum absolute atomic E-state index is 0.0761. The number of carbonyl (C=O) groups is 1. The Kier molecular flexibility index (Phi) is 5.48. The summed E-state index contributed by atoms with van der Waals surface area (Å²) in [6, 6.07) is 15.7. The SMILES string of the molecule is Cc1ccc(-c2cc(C(=O)N(Cc3ccccn3)CC3CCCO3)[nH]n2)cc1. The highest BCUT2D eigenvalue weighted by atomic mass is 16.5. The number of aryl methyl sites for hydroxylation is 1. The molecule has 0 bridgehead atoms. The Bertz CT molecular complexity index is 915. The molecule has 3 heterocycles. The van der Waals surface area contributed by atoms with Crippen LogP contribution in [-0.4, -0.2) is 45.2 Å². The number of carbonyl (C=O) groups excluding carboxylic acids is 1. The Hall–Kier alpha value is -2.99. The molecule has 0 radical (unpaired) electrons. The van der Waals surface area contributed by atoms with E-state index in [1.54, 1.807) is 11.1 Å². The number of nitrogens with one attached hydrogen (secondary N) is 1. The molecule has 0 saturated carbocycles. The van der Waals surface area contributed by atoms with E-state index in [0.29, 0.717) is 18.8 Å². The molecule has 1 atom stereocenters. The number of pyridine rings is 1. The fourth-order valence-electron chi connectivity index (χ4n) is 3.41. The van der Waals surface area contributed by atoms with Crippen molar-refractivity contribution in [3.05, 3.63) is 71.7 Å². The summed E-state index contributed by atoms with van der Waals surface area (Å²) in [5.74, 6) is -0.0907. The average Bonchev–Trinajstić information content (AvgIpc) is 3.40. The molecule has 1 aromatic carbocycles. The topological polar surface area (TPSA) is 71.1 Å². The van der Waals surface area contributed by atoms with Crippen molar-refractivity contribution in [2.45, 2.75) is 32.4 Å². The number of benzene rings is 1. The van der Waals surface area contributed by atoms with Crippen LogP contribution >= 0.6 is 0 Å². The lowest BCUT2D eigenvalue weighted by molar-refractivity contribution is 0.0500. The van der Waals surface area contributed by atoms with Gasteiger partial charge in [-0.2, -0.15) is 5.10 Å². The second-order valence-corrected chi connectivity index (χ2v) is 7.17. The molecule has 144 valence electrons. The summed E-state index contributed by atoms with van der Waals surface area (Å²) < 4.78 is 5.75. The van der Waals surface area contributed by atoms with Gasteiger partial charge < -0.3 is 9.64 Å². The van der Waals surface area contributed by atoms with E-state index in [-0.39, 0.29) is 12.0 Å². The molecule has 1 N–H and O–H groups in total. The van der Waals surface area contributed by atoms with Gasteiger partial charge in [-0.15, -0.1) is 0 Å². The minimum Gasteiger partial charge on any atom is -0.376 e. The van der Waals surface area contributed by atoms with E-state index in [2.05, 4.69) is 15.2 Å². The first-order chi connectivity index (χ1) is 13.7. The first-order valence-corrected chi connectivity index (χ1v) is 9.62. The van der Waals surface area contributed by atoms with Gasteiger partial charge in [0.1, 0.15) is 5.69 Å². The third-order valence-corrected chi connectivity index (χ3v) is 4.97. The standard InChI is InChI=1S/C22H24N4O2/c1-16-7-9-17(10-8-16)20-13-21(25-24-20)22(27)26(15-19-6-4-12-28-19)14-18-5-2-3-11-23-18/h2-3,5,7-11,13,19H,4,6,12,14-15H2,1H3,(H,24,25). The van der Waals surface area contributed by atoms with Crippen molar-refractivity contribution in [3.8, 4) is 11.3 Å². The molecule has 28 heavy (non-hydrogen) atoms. The zero-order valence-corrected chi connectivity index (χ0v) is 16.0. The quantitative estimate of drug-likeness (QED) is 0.713. The molecule has 6 heteroatoms. The van der Waals surface area contributed by atoms with Crippen molar-refractivity contribution in [1.82, 2.24) is 20.1 Å². The normalized spacial score (nSPS) is 16.2. The lowest BCUT2D eigenvalue weighted by Crippen LogP contribution is -2.37. The van der Waals surface area contributed by atoms with Crippen molar-refractivity contribution >= 4 is 5.91 Å². The fourth-order valence-corrected chi connectivity index (χ4v) is 3.41. The zero-order chi connectivity index (χ0) is 19.3. The van der Waals surface area contributed by atoms with Gasteiger partial charge in [-0.3, -0.25) is 14.9 Å². The highest BCUT2D eigenvalue weighted by Gasteiger charge is 2.25. The van der Waals surface area contributed by atoms with E-state index in [0.717, 1.165) is 36.4 Å². The Labute approximate surface area is 164 Å². The molecule has 1 aliphatic heterocycles. The fraction of sp³-hybridized carbons (Fsp3) is 0.318. The van der Waals surface area contributed by atoms with E-state index in [1.165, 1.54) is 5.56 Å². The Morgan fingerprint density at radius 1 is 1.25 bits per heavy atom. The molecule has 1 unspecified atom stereocenters. The van der Waals surface area contributed by atoms with E-state index in [9.17, 15) is 4.79 Å². The molecule has 0 spiro atoms. The third-order valence-electron chi connectivity index (χ3n) is 4.97. The highest BCUT2D eigenvalue weighted by Crippen LogP contribution is 2.20. The van der Waals surface area contributed by atoms with Gasteiger partial charge in [0.15, 0.2) is 0 Å². The largest absolute Gasteiger partial charge is 0.376 e. The number of aromatic nitrogens is 3. The summed E-state index contributed by atoms with van der Waals surface area (Å²) in [6.07, 6.45) is 3.84. The molecule has 4 rings (SSSR count). The highest BCUT2D eigenvalue weighted by molar-refractivity contribution is 5.93. The maximum absolute atomic E-state index is 13.2. The van der Waals surface area contributed by atoms with Gasteiger partial charge in [0.2, 0.25) is 0 Å². The van der Waals surface area contributed by atoms with Gasteiger partial charge in [-0.05, 0) is 38.0 Å². The predicted octanol–water partition coefficient (Wildman–Crippen LogP) is 3.60. The molecule has 1 saturated heterocycles. The number of hydrogen-bond acceptors (Lipinski definition) is 4. The second-order valence-electron chi connectivity index (χ2n) is 7.17. The molecule has 1 amide bonds. The molecular weight excluding hydrogens is 352 g/mol. The molecule has 1 aliphatic rings. The number of H-pyrrole nitrogens is 1. The monoisotopic (exact) mass is 376 g/mol. The van der Waals surface area contributed by atoms with Crippen LogP contribution in [0.15, 0.2) is 54.7 Å². The summed E-state index contributed by atoms with van der Waals surface area (Å²) in [4.78, 5) is 19.4. The molecule has 3 aromatic rings. The van der Waals surface area contributed by atoms with E-state index >= 15 is 0 Å². The van der Waals surface area contributed by atoms with Gasteiger partial charge in [-0.25, -0.2) is 0 Å². The number of aromatic amines is 1. The van der Waals surface area contributed by atoms with Crippen molar-refractivity contribution < 1.29 is 9.53 Å². The van der Waals surface area contributed by atoms with Crippen LogP contribution in [0, 0.1) is 6.92 Å². The first kappa shape index (κ1) is 18.4. The van der Waals surface area contributed by atoms with Crippen LogP contribution in [0.4, 0.5) is 0 Å². The van der Waals surface area contributed by atoms with E-state index in [1.807, 2.05) is 55.5 Å². The molecule has 2 aromatic heterocycles. The Morgan fingerprint density at radius 2 is 2.11 bits per heavy atom. The maximum atomic E-state index is 13.2. The summed E-state index contributed by atoms with van der Waals surface area (Å²) >= 11 is 0. The molecule has 0 aliphatic carbocycles. The van der Waals surface area contributed by atoms with Crippen molar-refractivity contribution in [2.24, 2.45) is 0 Å². The lowest BCUT2D eigenvalue weighted by atomic mass is 10.1. The van der Waals surface area contributed by atoms with Gasteiger partial charge in [0.25, 0.3) is 5.91 Å². The molecule has 1 fully saturated rings. The lowest BCUT2D eigenvalue weighted by Gasteiger charge is -2.24. The second kappa shape index (κ2) is 8.35. The number of hydrogen-bond donors (Lipinski definition) is 1. The van der Waals surface area contributed by atoms with Gasteiger partial charge in [-0.1, -0.05) is 35.9 Å². The summed E-state index contributed by atoms with van der Waals surface area (Å²) in [6.45, 7) is 3.80. The predicted molar refractivity (Wildman–Crippen MR) is 107 cm³/mol. The van der Waals surface area contributed by atoms with E-state index < -0.39 is 0 Å². The van der Waals surface area contributed by atoms with Crippen LogP contribution in [0.5, 0.6) is 0 Å². The van der Waals surface area contributed by atoms with Gasteiger partial charge in [0, 0.05) is 24.9 Å². The zero-order valence-electron chi connectivity index (χ0n) is 16.0. The van der Waals surface area contributed by atoms with Crippen molar-refractivity contribution in [2.75, 3.05) is 13.2 Å². The van der Waals surface area contributed by atoms with Crippen molar-refractivity contribution in [3.63, 3.8) is 0 Å². The van der Waals surface area contributed by atoms with Crippen LogP contribution in [0.1, 0.15) is 34.6 Å². The Morgan fingerprint density at radius 3 is 2.82 bits per heavy atom. The molecular formula is C22H24N4O2. The minimum atomic E-state index is -0.0907. The summed E-state index contributed by atoms with van der Waals surface area (Å²) in [5, 5.41) is 7.25. The van der Waals surface area contributed by atoms with Crippen LogP contribution < -0.4 is 0 Å². The number of rotatable bonds is 6. The van der Waals surface area contributed by atoms with Crippen LogP contribution in [0.2, 0.25) is 0 Å². The maximum Gasteiger partial charge on any atom is 0.272 e. The van der Waals surface area contributed by atoms with Crippen LogP contribution in [-0.2, 0) is 11.3 Å². The summed E-state index contributed by atoms with van der Waals surface area (Å²) in [5.41, 5.74) is 4.26. The van der Waals surface area contributed by atoms with Gasteiger partial charge >= 0.3 is 0 Å². The smallest absolute Gasteiger partial charge is 0.272 e. The van der Waals surface area contributed by atoms with Crippen molar-refractivity contribution in [1.29, 1.82) is 0 Å². The third kappa shape index (κ3) is 4.28. The van der Waals surface area contributed by atoms with E-state index in [4.69, 9.17) is 4.74 Å². The van der Waals surface area contributed by atoms with Crippen LogP contribution in [0.25, 0.3) is 11.3 Å². The first-order valence-electron chi connectivity index (χ1n) is 9.62. The summed E-state index contributed by atoms with van der Waals surface area (Å²) in [7, 11) is 0. The number of amides is 1. The number of ether oxygens (including phenoxy) is 1. The van der Waals surface area contributed by atoms with Gasteiger partial charge in [0.05, 0.1) is 24.0 Å².